The van der Waals surface area contributed by atoms with Crippen molar-refractivity contribution in [2.24, 2.45) is 0 Å². The molecule has 0 spiro atoms. The van der Waals surface area contributed by atoms with E-state index >= 15 is 0 Å². The standard InChI is InChI=1S/C19H19N3O4/c1-11-5-16(26-21-11)15-3-2-4-22(15)9-13-6-12-7-17-18(25-10-24-17)8-14(12)20-19(13)23/h5-8,15H,2-4,9-10H2,1H3,(H,20,23)/t15-/m1/s1. The first-order valence-corrected chi connectivity index (χ1v) is 8.80. The zero-order valence-electron chi connectivity index (χ0n) is 14.4. The van der Waals surface area contributed by atoms with Gasteiger partial charge in [0.1, 0.15) is 0 Å². The Kier molecular flexibility index (Phi) is 3.49. The van der Waals surface area contributed by atoms with Gasteiger partial charge in [-0.1, -0.05) is 5.16 Å². The Morgan fingerprint density at radius 3 is 2.88 bits per heavy atom. The molecule has 0 unspecified atom stereocenters. The second kappa shape index (κ2) is 5.88. The number of hydrogen-bond acceptors (Lipinski definition) is 6. The fraction of sp³-hybridized carbons (Fsp3) is 0.368. The highest BCUT2D eigenvalue weighted by molar-refractivity contribution is 5.83. The van der Waals surface area contributed by atoms with Crippen LogP contribution in [0.5, 0.6) is 11.5 Å². The molecule has 0 aliphatic carbocycles. The summed E-state index contributed by atoms with van der Waals surface area (Å²) in [5.74, 6) is 2.26. The predicted octanol–water partition coefficient (Wildman–Crippen LogP) is 2.89. The first kappa shape index (κ1) is 15.5. The van der Waals surface area contributed by atoms with Crippen molar-refractivity contribution in [2.45, 2.75) is 32.4 Å². The number of aromatic amines is 1. The second-order valence-corrected chi connectivity index (χ2v) is 6.92. The number of rotatable bonds is 3. The number of likely N-dealkylation sites (tertiary alicyclic amines) is 1. The quantitative estimate of drug-likeness (QED) is 0.780. The lowest BCUT2D eigenvalue weighted by Crippen LogP contribution is -2.26. The van der Waals surface area contributed by atoms with Crippen LogP contribution in [0.1, 0.15) is 35.9 Å². The third-order valence-electron chi connectivity index (χ3n) is 5.13. The van der Waals surface area contributed by atoms with Crippen molar-refractivity contribution in [3.8, 4) is 11.5 Å². The van der Waals surface area contributed by atoms with Crippen LogP contribution in [0.3, 0.4) is 0 Å². The van der Waals surface area contributed by atoms with E-state index in [1.807, 2.05) is 31.2 Å². The second-order valence-electron chi connectivity index (χ2n) is 6.92. The fourth-order valence-corrected chi connectivity index (χ4v) is 3.86. The highest BCUT2D eigenvalue weighted by Crippen LogP contribution is 2.36. The van der Waals surface area contributed by atoms with E-state index in [0.29, 0.717) is 18.0 Å². The number of aromatic nitrogens is 2. The third-order valence-corrected chi connectivity index (χ3v) is 5.13. The van der Waals surface area contributed by atoms with Gasteiger partial charge in [-0.25, -0.2) is 0 Å². The Morgan fingerprint density at radius 1 is 1.23 bits per heavy atom. The highest BCUT2D eigenvalue weighted by Gasteiger charge is 2.29. The molecule has 1 N–H and O–H groups in total. The Bertz CT molecular complexity index is 1040. The minimum absolute atomic E-state index is 0.0734. The van der Waals surface area contributed by atoms with Gasteiger partial charge in [-0.3, -0.25) is 9.69 Å². The zero-order valence-corrected chi connectivity index (χ0v) is 14.4. The number of nitrogens with zero attached hydrogens (tertiary/aromatic N) is 2. The van der Waals surface area contributed by atoms with Crippen LogP contribution in [0.15, 0.2) is 33.6 Å². The molecule has 4 heterocycles. The molecule has 1 atom stereocenters. The predicted molar refractivity (Wildman–Crippen MR) is 94.3 cm³/mol. The van der Waals surface area contributed by atoms with Gasteiger partial charge in [-0.2, -0.15) is 0 Å². The van der Waals surface area contributed by atoms with Crippen molar-refractivity contribution in [3.05, 3.63) is 51.6 Å². The van der Waals surface area contributed by atoms with Crippen LogP contribution in [0.25, 0.3) is 10.9 Å². The summed E-state index contributed by atoms with van der Waals surface area (Å²) in [6, 6.07) is 7.82. The summed E-state index contributed by atoms with van der Waals surface area (Å²) >= 11 is 0. The Labute approximate surface area is 149 Å². The van der Waals surface area contributed by atoms with Gasteiger partial charge in [-0.15, -0.1) is 0 Å². The molecule has 1 saturated heterocycles. The van der Waals surface area contributed by atoms with Crippen LogP contribution in [-0.4, -0.2) is 28.4 Å². The van der Waals surface area contributed by atoms with Crippen LogP contribution < -0.4 is 15.0 Å². The van der Waals surface area contributed by atoms with E-state index in [1.54, 1.807) is 0 Å². The van der Waals surface area contributed by atoms with Gasteiger partial charge in [-0.05, 0) is 38.4 Å². The van der Waals surface area contributed by atoms with Gasteiger partial charge in [0.25, 0.3) is 5.56 Å². The van der Waals surface area contributed by atoms with Crippen molar-refractivity contribution < 1.29 is 14.0 Å². The molecule has 26 heavy (non-hydrogen) atoms. The summed E-state index contributed by atoms with van der Waals surface area (Å²) in [5, 5.41) is 4.94. The van der Waals surface area contributed by atoms with E-state index in [9.17, 15) is 4.79 Å². The molecule has 2 aromatic heterocycles. The molecule has 2 aliphatic rings. The lowest BCUT2D eigenvalue weighted by molar-refractivity contribution is 0.174. The highest BCUT2D eigenvalue weighted by atomic mass is 16.7. The number of nitrogens with one attached hydrogen (secondary N) is 1. The maximum Gasteiger partial charge on any atom is 0.252 e. The molecular weight excluding hydrogens is 334 g/mol. The van der Waals surface area contributed by atoms with E-state index in [-0.39, 0.29) is 18.4 Å². The van der Waals surface area contributed by atoms with E-state index in [1.165, 1.54) is 0 Å². The molecule has 0 amide bonds. The number of ether oxygens (including phenoxy) is 2. The summed E-state index contributed by atoms with van der Waals surface area (Å²) in [4.78, 5) is 17.8. The Balaban J connectivity index is 1.48. The minimum Gasteiger partial charge on any atom is -0.454 e. The molecule has 5 rings (SSSR count). The Morgan fingerprint density at radius 2 is 2.08 bits per heavy atom. The van der Waals surface area contributed by atoms with E-state index in [4.69, 9.17) is 14.0 Å². The molecule has 0 saturated carbocycles. The van der Waals surface area contributed by atoms with E-state index in [0.717, 1.165) is 47.3 Å². The summed E-state index contributed by atoms with van der Waals surface area (Å²) in [6.07, 6.45) is 2.09. The summed E-state index contributed by atoms with van der Waals surface area (Å²) < 4.78 is 16.3. The van der Waals surface area contributed by atoms with E-state index < -0.39 is 0 Å². The van der Waals surface area contributed by atoms with Crippen molar-refractivity contribution in [3.63, 3.8) is 0 Å². The van der Waals surface area contributed by atoms with Crippen LogP contribution in [0.2, 0.25) is 0 Å². The Hall–Kier alpha value is -2.80. The topological polar surface area (TPSA) is 80.6 Å². The molecule has 7 heteroatoms. The summed E-state index contributed by atoms with van der Waals surface area (Å²) in [5.41, 5.74) is 2.30. The largest absolute Gasteiger partial charge is 0.454 e. The van der Waals surface area contributed by atoms with Crippen LogP contribution in [0.4, 0.5) is 0 Å². The molecule has 2 aliphatic heterocycles. The summed E-state index contributed by atoms with van der Waals surface area (Å²) in [6.45, 7) is 3.65. The number of pyridine rings is 1. The molecule has 7 nitrogen and oxygen atoms in total. The van der Waals surface area contributed by atoms with Gasteiger partial charge in [0, 0.05) is 29.6 Å². The number of benzene rings is 1. The SMILES string of the molecule is Cc1cc([C@H]2CCCN2Cc2cc3cc4c(cc3[nH]c2=O)OCO4)on1. The molecule has 3 aromatic rings. The lowest BCUT2D eigenvalue weighted by atomic mass is 10.1. The molecule has 0 bridgehead atoms. The monoisotopic (exact) mass is 353 g/mol. The fourth-order valence-electron chi connectivity index (χ4n) is 3.86. The van der Waals surface area contributed by atoms with Crippen molar-refractivity contribution in [2.75, 3.05) is 13.3 Å². The smallest absolute Gasteiger partial charge is 0.252 e. The maximum atomic E-state index is 12.6. The average molecular weight is 353 g/mol. The van der Waals surface area contributed by atoms with E-state index in [2.05, 4.69) is 15.0 Å². The van der Waals surface area contributed by atoms with Crippen molar-refractivity contribution in [1.29, 1.82) is 0 Å². The molecule has 0 radical (unpaired) electrons. The average Bonchev–Trinajstić information content (AvgIpc) is 3.34. The maximum absolute atomic E-state index is 12.6. The van der Waals surface area contributed by atoms with Gasteiger partial charge in [0.15, 0.2) is 17.3 Å². The lowest BCUT2D eigenvalue weighted by Gasteiger charge is -2.22. The van der Waals surface area contributed by atoms with Gasteiger partial charge >= 0.3 is 0 Å². The zero-order chi connectivity index (χ0) is 17.7. The first-order valence-electron chi connectivity index (χ1n) is 8.80. The number of H-pyrrole nitrogens is 1. The van der Waals surface area contributed by atoms with Gasteiger partial charge in [0.05, 0.1) is 17.3 Å². The minimum atomic E-state index is -0.0734. The van der Waals surface area contributed by atoms with Crippen molar-refractivity contribution >= 4 is 10.9 Å². The molecule has 134 valence electrons. The van der Waals surface area contributed by atoms with Gasteiger partial charge in [0.2, 0.25) is 6.79 Å². The van der Waals surface area contributed by atoms with Crippen LogP contribution >= 0.6 is 0 Å². The molecular formula is C19H19N3O4. The number of aryl methyl sites for hydroxylation is 1. The normalized spacial score (nSPS) is 19.5. The van der Waals surface area contributed by atoms with Crippen molar-refractivity contribution in [1.82, 2.24) is 15.0 Å². The van der Waals surface area contributed by atoms with Crippen LogP contribution in [-0.2, 0) is 6.54 Å². The molecule has 1 aromatic carbocycles. The first-order chi connectivity index (χ1) is 12.7. The number of fused-ring (bicyclic) bond motifs is 2. The third kappa shape index (κ3) is 2.55. The summed E-state index contributed by atoms with van der Waals surface area (Å²) in [7, 11) is 0. The molecule has 1 fully saturated rings. The number of hydrogen-bond donors (Lipinski definition) is 1. The van der Waals surface area contributed by atoms with Gasteiger partial charge < -0.3 is 19.0 Å². The van der Waals surface area contributed by atoms with Crippen LogP contribution in [0, 0.1) is 6.92 Å².